The number of aromatic nitrogens is 1. The lowest BCUT2D eigenvalue weighted by molar-refractivity contribution is -0.816. The number of nitrogens with two attached hydrogens (primary N) is 1. The number of methoxy groups -OCH3 is 1. The van der Waals surface area contributed by atoms with Gasteiger partial charge in [0.15, 0.2) is 23.4 Å². The van der Waals surface area contributed by atoms with Crippen LogP contribution in [0, 0.1) is 11.6 Å². The Bertz CT molecular complexity index is 1130. The number of amides is 2. The number of primary amides is 1. The van der Waals surface area contributed by atoms with Crippen LogP contribution in [0.4, 0.5) is 27.6 Å². The molecule has 184 valence electrons. The van der Waals surface area contributed by atoms with Crippen molar-refractivity contribution in [2.45, 2.75) is 43.9 Å². The van der Waals surface area contributed by atoms with E-state index in [0.717, 1.165) is 36.9 Å². The van der Waals surface area contributed by atoms with Crippen LogP contribution in [0.2, 0.25) is 0 Å². The molecular weight excluding hydrogens is 469 g/mol. The minimum atomic E-state index is -4.89. The van der Waals surface area contributed by atoms with E-state index in [9.17, 15) is 36.6 Å². The second-order valence-corrected chi connectivity index (χ2v) is 7.81. The van der Waals surface area contributed by atoms with Crippen LogP contribution in [-0.4, -0.2) is 36.8 Å². The molecule has 0 spiro atoms. The number of halogens is 5. The molecule has 3 N–H and O–H groups in total. The van der Waals surface area contributed by atoms with E-state index in [4.69, 9.17) is 15.2 Å². The lowest BCUT2D eigenvalue weighted by atomic mass is 9.85. The van der Waals surface area contributed by atoms with E-state index in [1.54, 1.807) is 0 Å². The van der Waals surface area contributed by atoms with Crippen molar-refractivity contribution in [1.29, 1.82) is 0 Å². The monoisotopic (exact) mass is 489 g/mol. The maximum absolute atomic E-state index is 14.3. The van der Waals surface area contributed by atoms with E-state index >= 15 is 0 Å². The van der Waals surface area contributed by atoms with Gasteiger partial charge in [-0.1, -0.05) is 6.07 Å². The second kappa shape index (κ2) is 9.14. The maximum atomic E-state index is 14.3. The van der Waals surface area contributed by atoms with Crippen LogP contribution in [-0.2, 0) is 16.3 Å². The molecule has 1 aliphatic heterocycles. The van der Waals surface area contributed by atoms with Gasteiger partial charge in [-0.05, 0) is 19.4 Å². The molecule has 8 nitrogen and oxygen atoms in total. The number of pyridine rings is 1. The first-order valence-corrected chi connectivity index (χ1v) is 9.81. The standard InChI is InChI=1S/C21H19F5N3O5/c1-20(21(24,25)26)8-12(11-3-4-13(22)15(23)16(11)33-2)17(34-20)19(32)28-10-5-6-29(9-30)14(7-10)18(27)31/h3-7,12,17H,8-9H2,1-2H3,(H2,27,31)/q-1/p+1/t12-,17+,20+/m1/s1. The molecule has 2 amide bonds. The predicted octanol–water partition coefficient (Wildman–Crippen LogP) is 1.51. The van der Waals surface area contributed by atoms with E-state index < -0.39 is 66.1 Å². The third-order valence-electron chi connectivity index (χ3n) is 5.60. The van der Waals surface area contributed by atoms with Gasteiger partial charge in [0.05, 0.1) is 19.5 Å². The molecule has 13 heteroatoms. The van der Waals surface area contributed by atoms with Crippen LogP contribution in [0.15, 0.2) is 30.5 Å². The molecule has 2 heterocycles. The summed E-state index contributed by atoms with van der Waals surface area (Å²) in [7, 11) is 1.01. The third-order valence-corrected chi connectivity index (χ3v) is 5.60. The van der Waals surface area contributed by atoms with E-state index in [0.29, 0.717) is 6.07 Å². The number of rotatable bonds is 6. The lowest BCUT2D eigenvalue weighted by Crippen LogP contribution is -2.47. The Hall–Kier alpha value is -3.32. The molecule has 34 heavy (non-hydrogen) atoms. The fourth-order valence-corrected chi connectivity index (χ4v) is 3.82. The van der Waals surface area contributed by atoms with Gasteiger partial charge in [-0.25, -0.2) is 8.96 Å². The summed E-state index contributed by atoms with van der Waals surface area (Å²) in [6, 6.07) is 4.04. The van der Waals surface area contributed by atoms with Crippen LogP contribution in [0.5, 0.6) is 5.75 Å². The molecule has 1 aromatic heterocycles. The van der Waals surface area contributed by atoms with Crippen LogP contribution in [0.3, 0.4) is 0 Å². The molecule has 0 radical (unpaired) electrons. The average molecular weight is 489 g/mol. The molecule has 3 atom stereocenters. The van der Waals surface area contributed by atoms with Gasteiger partial charge in [0.1, 0.15) is 6.10 Å². The molecule has 0 unspecified atom stereocenters. The Morgan fingerprint density at radius 1 is 1.32 bits per heavy atom. The number of nitrogens with zero attached hydrogens (tertiary/aromatic N) is 1. The third kappa shape index (κ3) is 4.53. The zero-order chi connectivity index (χ0) is 25.4. The summed E-state index contributed by atoms with van der Waals surface area (Å²) >= 11 is 0. The molecule has 0 aliphatic carbocycles. The number of carbonyl (C=O) groups is 2. The number of hydrogen-bond acceptors (Lipinski definition) is 5. The number of nitrogens with one attached hydrogen (secondary N) is 1. The number of carbonyl (C=O) groups excluding carboxylic acids is 2. The first-order chi connectivity index (χ1) is 15.8. The smallest absolute Gasteiger partial charge is 0.417 e. The average Bonchev–Trinajstić information content (AvgIpc) is 3.14. The number of hydrogen-bond donors (Lipinski definition) is 2. The van der Waals surface area contributed by atoms with Crippen molar-refractivity contribution in [2.75, 3.05) is 12.4 Å². The first-order valence-electron chi connectivity index (χ1n) is 9.81. The van der Waals surface area contributed by atoms with E-state index in [-0.39, 0.29) is 16.9 Å². The van der Waals surface area contributed by atoms with Crippen molar-refractivity contribution in [3.8, 4) is 5.75 Å². The van der Waals surface area contributed by atoms with Crippen molar-refractivity contribution < 1.29 is 50.7 Å². The molecule has 1 fully saturated rings. The van der Waals surface area contributed by atoms with Crippen molar-refractivity contribution in [3.63, 3.8) is 0 Å². The zero-order valence-electron chi connectivity index (χ0n) is 17.9. The van der Waals surface area contributed by atoms with Gasteiger partial charge in [-0.15, -0.1) is 0 Å². The van der Waals surface area contributed by atoms with E-state index in [2.05, 4.69) is 5.32 Å². The van der Waals surface area contributed by atoms with Crippen molar-refractivity contribution in [2.24, 2.45) is 5.73 Å². The summed E-state index contributed by atoms with van der Waals surface area (Å²) < 4.78 is 80.2. The Morgan fingerprint density at radius 3 is 2.56 bits per heavy atom. The summed E-state index contributed by atoms with van der Waals surface area (Å²) in [6.45, 7) is -0.106. The van der Waals surface area contributed by atoms with Crippen molar-refractivity contribution >= 4 is 17.5 Å². The van der Waals surface area contributed by atoms with Crippen LogP contribution in [0.25, 0.3) is 0 Å². The predicted molar refractivity (Wildman–Crippen MR) is 103 cm³/mol. The van der Waals surface area contributed by atoms with E-state index in [1.807, 2.05) is 0 Å². The SMILES string of the molecule is COc1c([C@H]2C[C@@](C)(C(F)(F)F)O[C@@H]2C(=O)Nc2cc[n+](C[O-])c(C(N)=O)c2)ccc(F)c1F. The van der Waals surface area contributed by atoms with Gasteiger partial charge < -0.3 is 25.6 Å². The second-order valence-electron chi connectivity index (χ2n) is 7.81. The summed E-state index contributed by atoms with van der Waals surface area (Å²) in [5.41, 5.74) is 1.94. The highest BCUT2D eigenvalue weighted by molar-refractivity contribution is 5.96. The lowest BCUT2D eigenvalue weighted by Gasteiger charge is -2.27. The molecule has 0 saturated carbocycles. The number of benzene rings is 1. The summed E-state index contributed by atoms with van der Waals surface area (Å²) in [6.07, 6.45) is -6.31. The van der Waals surface area contributed by atoms with E-state index in [1.165, 1.54) is 6.07 Å². The molecule has 1 aliphatic rings. The number of ether oxygens (including phenoxy) is 2. The summed E-state index contributed by atoms with van der Waals surface area (Å²) in [4.78, 5) is 24.6. The van der Waals surface area contributed by atoms with Gasteiger partial charge in [0, 0.05) is 23.6 Å². The fraction of sp³-hybridized carbons (Fsp3) is 0.381. The Labute approximate surface area is 190 Å². The Kier molecular flexibility index (Phi) is 6.80. The van der Waals surface area contributed by atoms with Crippen molar-refractivity contribution in [3.05, 3.63) is 53.4 Å². The molecular formula is C21H20F5N3O5. The van der Waals surface area contributed by atoms with Crippen LogP contribution >= 0.6 is 0 Å². The van der Waals surface area contributed by atoms with Gasteiger partial charge in [0.25, 0.3) is 11.6 Å². The minimum absolute atomic E-state index is 0.0521. The highest BCUT2D eigenvalue weighted by Gasteiger charge is 2.61. The summed E-state index contributed by atoms with van der Waals surface area (Å²) in [5.74, 6) is -6.75. The minimum Gasteiger partial charge on any atom is -0.801 e. The maximum Gasteiger partial charge on any atom is 0.417 e. The fourth-order valence-electron chi connectivity index (χ4n) is 3.82. The largest absolute Gasteiger partial charge is 0.801 e. The number of anilines is 1. The van der Waals surface area contributed by atoms with Gasteiger partial charge in [-0.2, -0.15) is 17.6 Å². The molecule has 2 aromatic rings. The highest BCUT2D eigenvalue weighted by Crippen LogP contribution is 2.51. The summed E-state index contributed by atoms with van der Waals surface area (Å²) in [5, 5.41) is 13.5. The van der Waals surface area contributed by atoms with Gasteiger partial charge >= 0.3 is 12.1 Å². The van der Waals surface area contributed by atoms with Crippen LogP contribution in [0.1, 0.15) is 35.3 Å². The van der Waals surface area contributed by atoms with Crippen LogP contribution < -0.4 is 25.5 Å². The first kappa shape index (κ1) is 25.3. The molecule has 3 rings (SSSR count). The Morgan fingerprint density at radius 2 is 2.00 bits per heavy atom. The van der Waals surface area contributed by atoms with Gasteiger partial charge in [-0.3, -0.25) is 9.59 Å². The number of alkyl halides is 3. The molecule has 0 bridgehead atoms. The Balaban J connectivity index is 2.02. The van der Waals surface area contributed by atoms with Crippen molar-refractivity contribution in [1.82, 2.24) is 0 Å². The quantitative estimate of drug-likeness (QED) is 0.471. The highest BCUT2D eigenvalue weighted by atomic mass is 19.4. The topological polar surface area (TPSA) is 118 Å². The normalized spacial score (nSPS) is 22.5. The van der Waals surface area contributed by atoms with Gasteiger partial charge in [0.2, 0.25) is 5.82 Å². The molecule has 1 saturated heterocycles. The molecule has 1 aromatic carbocycles. The zero-order valence-corrected chi connectivity index (χ0v) is 17.9.